The molecule has 126 valence electrons. The number of allylic oxidation sites excluding steroid dienone is 12. The van der Waals surface area contributed by atoms with Crippen molar-refractivity contribution in [2.45, 2.75) is 13.8 Å². The van der Waals surface area contributed by atoms with E-state index >= 15 is 0 Å². The highest BCUT2D eigenvalue weighted by atomic mass is 14.9. The monoisotopic (exact) mass is 320 g/mol. The Morgan fingerprint density at radius 1 is 0.625 bits per heavy atom. The van der Waals surface area contributed by atoms with Gasteiger partial charge in [0.15, 0.2) is 0 Å². The third-order valence-electron chi connectivity index (χ3n) is 2.91. The maximum Gasteiger partial charge on any atom is 0.0378 e. The Bertz CT molecular complexity index is 564. The lowest BCUT2D eigenvalue weighted by molar-refractivity contribution is 1.03. The van der Waals surface area contributed by atoms with E-state index in [0.29, 0.717) is 0 Å². The Hall–Kier alpha value is -3.00. The molecule has 0 aromatic carbocycles. The van der Waals surface area contributed by atoms with Crippen molar-refractivity contribution < 1.29 is 0 Å². The third-order valence-corrected chi connectivity index (χ3v) is 2.91. The van der Waals surface area contributed by atoms with Gasteiger partial charge in [-0.3, -0.25) is 0 Å². The number of rotatable bonds is 11. The molecule has 0 aliphatic carbocycles. The Morgan fingerprint density at radius 3 is 1.25 bits per heavy atom. The van der Waals surface area contributed by atoms with E-state index in [0.717, 1.165) is 22.8 Å². The molecule has 0 aliphatic rings. The molecule has 0 bridgehead atoms. The van der Waals surface area contributed by atoms with Gasteiger partial charge in [0.05, 0.1) is 0 Å². The van der Waals surface area contributed by atoms with Crippen LogP contribution in [0.1, 0.15) is 13.8 Å². The zero-order chi connectivity index (χ0) is 18.2. The number of nitrogens with one attached hydrogen (secondary N) is 2. The average Bonchev–Trinajstić information content (AvgIpc) is 2.62. The summed E-state index contributed by atoms with van der Waals surface area (Å²) in [5.41, 5.74) is 3.68. The lowest BCUT2D eigenvalue weighted by atomic mass is 10.2. The van der Waals surface area contributed by atoms with Gasteiger partial charge in [0, 0.05) is 22.8 Å². The topological polar surface area (TPSA) is 24.1 Å². The number of hydrogen-bond donors (Lipinski definition) is 2. The minimum absolute atomic E-state index is 0.877. The third kappa shape index (κ3) is 9.11. The lowest BCUT2D eigenvalue weighted by Gasteiger charge is -2.09. The van der Waals surface area contributed by atoms with E-state index < -0.39 is 0 Å². The fourth-order valence-corrected chi connectivity index (χ4v) is 1.60. The number of hydrogen-bond acceptors (Lipinski definition) is 2. The van der Waals surface area contributed by atoms with Crippen molar-refractivity contribution in [1.82, 2.24) is 10.6 Å². The summed E-state index contributed by atoms with van der Waals surface area (Å²) < 4.78 is 0. The van der Waals surface area contributed by atoms with Crippen LogP contribution in [0.25, 0.3) is 0 Å². The summed E-state index contributed by atoms with van der Waals surface area (Å²) in [6.45, 7) is 19.0. The largest absolute Gasteiger partial charge is 0.356 e. The Labute approximate surface area is 147 Å². The highest BCUT2D eigenvalue weighted by Gasteiger charge is 1.95. The smallest absolute Gasteiger partial charge is 0.0378 e. The molecule has 2 nitrogen and oxygen atoms in total. The van der Waals surface area contributed by atoms with E-state index in [1.807, 2.05) is 62.5 Å². The predicted octanol–water partition coefficient (Wildman–Crippen LogP) is 5.60. The Balaban J connectivity index is 5.23. The molecule has 24 heavy (non-hydrogen) atoms. The predicted molar refractivity (Wildman–Crippen MR) is 109 cm³/mol. The molecule has 0 radical (unpaired) electrons. The van der Waals surface area contributed by atoms with Crippen LogP contribution < -0.4 is 10.6 Å². The average molecular weight is 320 g/mol. The zero-order valence-electron chi connectivity index (χ0n) is 14.8. The molecule has 0 unspecified atom stereocenters. The molecular weight excluding hydrogens is 292 g/mol. The first-order valence-electron chi connectivity index (χ1n) is 7.76. The summed E-state index contributed by atoms with van der Waals surface area (Å²) in [6.07, 6.45) is 22.5. The maximum atomic E-state index is 3.84. The van der Waals surface area contributed by atoms with Crippen molar-refractivity contribution in [3.8, 4) is 0 Å². The maximum absolute atomic E-state index is 3.84. The Morgan fingerprint density at radius 2 is 1.00 bits per heavy atom. The van der Waals surface area contributed by atoms with Crippen molar-refractivity contribution in [2.75, 3.05) is 0 Å². The summed E-state index contributed by atoms with van der Waals surface area (Å²) in [7, 11) is 0. The summed E-state index contributed by atoms with van der Waals surface area (Å²) in [6, 6.07) is 0. The van der Waals surface area contributed by atoms with Gasteiger partial charge in [-0.15, -0.1) is 0 Å². The van der Waals surface area contributed by atoms with E-state index in [9.17, 15) is 0 Å². The van der Waals surface area contributed by atoms with Gasteiger partial charge < -0.3 is 10.6 Å². The SMILES string of the molecule is C=C/C=C\C(=C/C)N/C(C=C)=C/C=C(\C=C)NC(/C=C\C=C)=C/C. The van der Waals surface area contributed by atoms with Crippen LogP contribution in [0, 0.1) is 0 Å². The Kier molecular flexibility index (Phi) is 11.9. The summed E-state index contributed by atoms with van der Waals surface area (Å²) in [5.74, 6) is 0. The van der Waals surface area contributed by atoms with Gasteiger partial charge in [-0.25, -0.2) is 0 Å². The second-order valence-electron chi connectivity index (χ2n) is 4.58. The van der Waals surface area contributed by atoms with Crippen molar-refractivity contribution in [3.63, 3.8) is 0 Å². The second-order valence-corrected chi connectivity index (χ2v) is 4.58. The van der Waals surface area contributed by atoms with Crippen LogP contribution in [0.3, 0.4) is 0 Å². The van der Waals surface area contributed by atoms with E-state index in [1.165, 1.54) is 0 Å². The molecule has 0 fully saturated rings. The van der Waals surface area contributed by atoms with Gasteiger partial charge in [0.25, 0.3) is 0 Å². The van der Waals surface area contributed by atoms with Gasteiger partial charge in [-0.05, 0) is 50.3 Å². The second kappa shape index (κ2) is 13.6. The molecule has 0 amide bonds. The first kappa shape index (κ1) is 21.0. The highest BCUT2D eigenvalue weighted by molar-refractivity contribution is 5.34. The van der Waals surface area contributed by atoms with Crippen molar-refractivity contribution in [2.24, 2.45) is 0 Å². The molecule has 0 spiro atoms. The standard InChI is InChI=1S/C22H28N2/c1-7-13-15-19(9-3)23-21(11-5)17-18-22(12-6)24-20(10-4)16-14-8-2/h7-18,23-24H,1-2,5-6H2,3-4H3/b15-13-,16-14-,19-9+,20-10+,21-17+,22-18+. The molecule has 0 aliphatic heterocycles. The van der Waals surface area contributed by atoms with E-state index in [2.05, 4.69) is 36.9 Å². The molecule has 0 heterocycles. The molecule has 2 heteroatoms. The fourth-order valence-electron chi connectivity index (χ4n) is 1.60. The lowest BCUT2D eigenvalue weighted by Crippen LogP contribution is -2.11. The minimum atomic E-state index is 0.877. The van der Waals surface area contributed by atoms with Crippen molar-refractivity contribution in [3.05, 3.63) is 122 Å². The highest BCUT2D eigenvalue weighted by Crippen LogP contribution is 2.04. The van der Waals surface area contributed by atoms with Crippen LogP contribution in [0.5, 0.6) is 0 Å². The first-order valence-corrected chi connectivity index (χ1v) is 7.76. The molecule has 0 saturated heterocycles. The molecule has 0 rings (SSSR count). The normalized spacial score (nSPS) is 13.9. The van der Waals surface area contributed by atoms with Gasteiger partial charge in [0.1, 0.15) is 0 Å². The van der Waals surface area contributed by atoms with Crippen LogP contribution in [-0.2, 0) is 0 Å². The quantitative estimate of drug-likeness (QED) is 0.484. The summed E-state index contributed by atoms with van der Waals surface area (Å²) in [5, 5.41) is 6.58. The van der Waals surface area contributed by atoms with Crippen LogP contribution in [0.15, 0.2) is 122 Å². The fraction of sp³-hybridized carbons (Fsp3) is 0.0909. The van der Waals surface area contributed by atoms with Crippen LogP contribution in [0.4, 0.5) is 0 Å². The molecular formula is C22H28N2. The summed E-state index contributed by atoms with van der Waals surface area (Å²) >= 11 is 0. The van der Waals surface area contributed by atoms with Crippen LogP contribution >= 0.6 is 0 Å². The molecule has 2 N–H and O–H groups in total. The minimum Gasteiger partial charge on any atom is -0.356 e. The van der Waals surface area contributed by atoms with Crippen molar-refractivity contribution in [1.29, 1.82) is 0 Å². The first-order chi connectivity index (χ1) is 11.6. The molecule has 0 atom stereocenters. The van der Waals surface area contributed by atoms with Gasteiger partial charge in [-0.2, -0.15) is 0 Å². The van der Waals surface area contributed by atoms with Crippen molar-refractivity contribution >= 4 is 0 Å². The van der Waals surface area contributed by atoms with E-state index in [4.69, 9.17) is 0 Å². The van der Waals surface area contributed by atoms with Gasteiger partial charge in [0.2, 0.25) is 0 Å². The van der Waals surface area contributed by atoms with E-state index in [1.54, 1.807) is 24.3 Å². The summed E-state index contributed by atoms with van der Waals surface area (Å²) in [4.78, 5) is 0. The molecule has 0 saturated carbocycles. The van der Waals surface area contributed by atoms with Crippen LogP contribution in [-0.4, -0.2) is 0 Å². The zero-order valence-corrected chi connectivity index (χ0v) is 14.8. The molecule has 0 aromatic heterocycles. The van der Waals surface area contributed by atoms with Gasteiger partial charge in [-0.1, -0.05) is 62.8 Å². The van der Waals surface area contributed by atoms with Crippen LogP contribution in [0.2, 0.25) is 0 Å². The molecule has 0 aromatic rings. The van der Waals surface area contributed by atoms with Gasteiger partial charge >= 0.3 is 0 Å². The van der Waals surface area contributed by atoms with E-state index in [-0.39, 0.29) is 0 Å².